The molecule has 116 valence electrons. The molecule has 7 heteroatoms. The minimum Gasteiger partial charge on any atom is -0.335 e. The number of nitrogens with zero attached hydrogens (tertiary/aromatic N) is 2. The van der Waals surface area contributed by atoms with Crippen molar-refractivity contribution in [3.63, 3.8) is 0 Å². The summed E-state index contributed by atoms with van der Waals surface area (Å²) in [7, 11) is 0. The molecule has 2 rings (SSSR count). The molecule has 0 aliphatic carbocycles. The number of thiazole rings is 1. The lowest BCUT2D eigenvalue weighted by Gasteiger charge is -2.41. The van der Waals surface area contributed by atoms with Gasteiger partial charge in [0.25, 0.3) is 5.91 Å². The van der Waals surface area contributed by atoms with E-state index in [9.17, 15) is 9.59 Å². The van der Waals surface area contributed by atoms with E-state index < -0.39 is 0 Å². The SMILES string of the molecule is CCC1(CC)CN(C(=O)c2csc(NC(C)=O)n2)CCS1. The summed E-state index contributed by atoms with van der Waals surface area (Å²) < 4.78 is 0.171. The Bertz CT molecular complexity index is 526. The Labute approximate surface area is 133 Å². The smallest absolute Gasteiger partial charge is 0.273 e. The Morgan fingerprint density at radius 3 is 2.76 bits per heavy atom. The Hall–Kier alpha value is -1.08. The van der Waals surface area contributed by atoms with Crippen molar-refractivity contribution in [1.29, 1.82) is 0 Å². The normalized spacial score (nSPS) is 17.6. The van der Waals surface area contributed by atoms with Gasteiger partial charge in [-0.25, -0.2) is 4.98 Å². The highest BCUT2D eigenvalue weighted by Gasteiger charge is 2.35. The molecule has 0 bridgehead atoms. The average molecular weight is 327 g/mol. The minimum atomic E-state index is -0.172. The van der Waals surface area contributed by atoms with E-state index in [1.54, 1.807) is 5.38 Å². The van der Waals surface area contributed by atoms with Crippen LogP contribution in [0.5, 0.6) is 0 Å². The zero-order valence-corrected chi connectivity index (χ0v) is 14.3. The second kappa shape index (κ2) is 6.79. The van der Waals surface area contributed by atoms with Crippen molar-refractivity contribution >= 4 is 40.0 Å². The molecular weight excluding hydrogens is 306 g/mol. The minimum absolute atomic E-state index is 0.0329. The maximum Gasteiger partial charge on any atom is 0.273 e. The first-order valence-electron chi connectivity index (χ1n) is 7.16. The third kappa shape index (κ3) is 3.77. The molecule has 1 fully saturated rings. The van der Waals surface area contributed by atoms with Gasteiger partial charge in [0.1, 0.15) is 5.69 Å². The molecule has 2 amide bonds. The zero-order valence-electron chi connectivity index (χ0n) is 12.6. The Morgan fingerprint density at radius 1 is 1.43 bits per heavy atom. The fraction of sp³-hybridized carbons (Fsp3) is 0.643. The molecule has 0 saturated carbocycles. The molecule has 0 atom stereocenters. The first-order chi connectivity index (χ1) is 9.99. The number of amides is 2. The van der Waals surface area contributed by atoms with Crippen LogP contribution in [0.4, 0.5) is 5.13 Å². The number of anilines is 1. The van der Waals surface area contributed by atoms with Crippen LogP contribution < -0.4 is 5.32 Å². The van der Waals surface area contributed by atoms with Crippen LogP contribution in [0.1, 0.15) is 44.1 Å². The summed E-state index contributed by atoms with van der Waals surface area (Å²) in [6, 6.07) is 0. The molecule has 1 aromatic rings. The van der Waals surface area contributed by atoms with E-state index >= 15 is 0 Å². The molecule has 0 spiro atoms. The molecule has 1 N–H and O–H groups in total. The Kier molecular flexibility index (Phi) is 5.27. The number of carbonyl (C=O) groups excluding carboxylic acids is 2. The van der Waals surface area contributed by atoms with Crippen LogP contribution in [-0.4, -0.2) is 45.3 Å². The highest BCUT2D eigenvalue weighted by molar-refractivity contribution is 8.00. The number of nitrogens with one attached hydrogen (secondary N) is 1. The predicted molar refractivity (Wildman–Crippen MR) is 88.1 cm³/mol. The summed E-state index contributed by atoms with van der Waals surface area (Å²) in [4.78, 5) is 29.7. The first kappa shape index (κ1) is 16.3. The van der Waals surface area contributed by atoms with Crippen LogP contribution in [0.15, 0.2) is 5.38 Å². The Balaban J connectivity index is 2.08. The largest absolute Gasteiger partial charge is 0.335 e. The highest BCUT2D eigenvalue weighted by atomic mass is 32.2. The number of aromatic nitrogens is 1. The summed E-state index contributed by atoms with van der Waals surface area (Å²) in [5.74, 6) is 0.763. The van der Waals surface area contributed by atoms with Crippen LogP contribution in [-0.2, 0) is 4.79 Å². The van der Waals surface area contributed by atoms with E-state index in [4.69, 9.17) is 0 Å². The van der Waals surface area contributed by atoms with Crippen LogP contribution in [0, 0.1) is 0 Å². The lowest BCUT2D eigenvalue weighted by atomic mass is 10.0. The number of carbonyl (C=O) groups is 2. The van der Waals surface area contributed by atoms with Gasteiger partial charge in [-0.1, -0.05) is 13.8 Å². The van der Waals surface area contributed by atoms with E-state index in [2.05, 4.69) is 24.1 Å². The van der Waals surface area contributed by atoms with Crippen LogP contribution in [0.2, 0.25) is 0 Å². The number of thioether (sulfide) groups is 1. The van der Waals surface area contributed by atoms with Gasteiger partial charge < -0.3 is 10.2 Å². The molecule has 1 aliphatic heterocycles. The van der Waals surface area contributed by atoms with Crippen molar-refractivity contribution in [1.82, 2.24) is 9.88 Å². The fourth-order valence-corrected chi connectivity index (χ4v) is 4.57. The van der Waals surface area contributed by atoms with Gasteiger partial charge in [0.2, 0.25) is 5.91 Å². The van der Waals surface area contributed by atoms with Crippen LogP contribution in [0.3, 0.4) is 0 Å². The number of hydrogen-bond acceptors (Lipinski definition) is 5. The van der Waals surface area contributed by atoms with E-state index in [0.717, 1.165) is 31.7 Å². The third-order valence-corrected chi connectivity index (χ3v) is 6.29. The summed E-state index contributed by atoms with van der Waals surface area (Å²) in [5, 5.41) is 4.81. The van der Waals surface area contributed by atoms with Gasteiger partial charge in [0, 0.05) is 35.9 Å². The zero-order chi connectivity index (χ0) is 15.5. The summed E-state index contributed by atoms with van der Waals surface area (Å²) in [5.41, 5.74) is 0.428. The molecule has 2 heterocycles. The van der Waals surface area contributed by atoms with Crippen molar-refractivity contribution in [2.75, 3.05) is 24.2 Å². The Morgan fingerprint density at radius 2 is 2.14 bits per heavy atom. The van der Waals surface area contributed by atoms with Gasteiger partial charge in [-0.15, -0.1) is 11.3 Å². The summed E-state index contributed by atoms with van der Waals surface area (Å²) in [6.45, 7) is 7.33. The molecule has 0 aromatic carbocycles. The molecule has 21 heavy (non-hydrogen) atoms. The third-order valence-electron chi connectivity index (χ3n) is 3.83. The average Bonchev–Trinajstić information content (AvgIpc) is 2.94. The summed E-state index contributed by atoms with van der Waals surface area (Å²) >= 11 is 3.26. The van der Waals surface area contributed by atoms with E-state index in [1.165, 1.54) is 18.3 Å². The molecule has 1 aromatic heterocycles. The van der Waals surface area contributed by atoms with Crippen molar-refractivity contribution in [2.24, 2.45) is 0 Å². The standard InChI is InChI=1S/C14H21N3O2S2/c1-4-14(5-2)9-17(6-7-21-14)12(19)11-8-20-13(16-11)15-10(3)18/h8H,4-7,9H2,1-3H3,(H,15,16,18). The monoisotopic (exact) mass is 327 g/mol. The van der Waals surface area contributed by atoms with Crippen LogP contribution in [0.25, 0.3) is 0 Å². The molecule has 0 radical (unpaired) electrons. The second-order valence-electron chi connectivity index (χ2n) is 5.18. The lowest BCUT2D eigenvalue weighted by molar-refractivity contribution is -0.114. The van der Waals surface area contributed by atoms with Gasteiger partial charge in [-0.2, -0.15) is 11.8 Å². The maximum absolute atomic E-state index is 12.6. The van der Waals surface area contributed by atoms with Crippen molar-refractivity contribution in [3.8, 4) is 0 Å². The van der Waals surface area contributed by atoms with E-state index in [0.29, 0.717) is 10.8 Å². The number of rotatable bonds is 4. The second-order valence-corrected chi connectivity index (χ2v) is 7.61. The summed E-state index contributed by atoms with van der Waals surface area (Å²) in [6.07, 6.45) is 2.12. The first-order valence-corrected chi connectivity index (χ1v) is 9.02. The lowest BCUT2D eigenvalue weighted by Crippen LogP contribution is -2.48. The van der Waals surface area contributed by atoms with Crippen molar-refractivity contribution in [2.45, 2.75) is 38.4 Å². The molecule has 1 aliphatic rings. The highest BCUT2D eigenvalue weighted by Crippen LogP contribution is 2.37. The van der Waals surface area contributed by atoms with E-state index in [-0.39, 0.29) is 16.6 Å². The van der Waals surface area contributed by atoms with E-state index in [1.807, 2.05) is 16.7 Å². The van der Waals surface area contributed by atoms with Crippen LogP contribution >= 0.6 is 23.1 Å². The molecular formula is C14H21N3O2S2. The molecule has 1 saturated heterocycles. The van der Waals surface area contributed by atoms with Gasteiger partial charge >= 0.3 is 0 Å². The van der Waals surface area contributed by atoms with Crippen molar-refractivity contribution in [3.05, 3.63) is 11.1 Å². The topological polar surface area (TPSA) is 62.3 Å². The molecule has 5 nitrogen and oxygen atoms in total. The van der Waals surface area contributed by atoms with Gasteiger partial charge in [-0.05, 0) is 12.8 Å². The number of hydrogen-bond donors (Lipinski definition) is 1. The molecule has 0 unspecified atom stereocenters. The van der Waals surface area contributed by atoms with Gasteiger partial charge in [0.15, 0.2) is 5.13 Å². The van der Waals surface area contributed by atoms with Gasteiger partial charge in [0.05, 0.1) is 0 Å². The predicted octanol–water partition coefficient (Wildman–Crippen LogP) is 2.85. The quantitative estimate of drug-likeness (QED) is 0.924. The maximum atomic E-state index is 12.6. The fourth-order valence-electron chi connectivity index (χ4n) is 2.44. The van der Waals surface area contributed by atoms with Gasteiger partial charge in [-0.3, -0.25) is 9.59 Å². The van der Waals surface area contributed by atoms with Crippen molar-refractivity contribution < 1.29 is 9.59 Å².